The Balaban J connectivity index is 3.89. The van der Waals surface area contributed by atoms with Gasteiger partial charge in [0.1, 0.15) is 0 Å². The minimum atomic E-state index is -4.47. The minimum Gasteiger partial charge on any atom is -0.396 e. The highest BCUT2D eigenvalue weighted by Crippen LogP contribution is 2.52. The van der Waals surface area contributed by atoms with E-state index in [9.17, 15) is 18.1 Å². The number of hydrogen-bond donors (Lipinski definition) is 2. The molecule has 0 spiro atoms. The Kier molecular flexibility index (Phi) is 8.93. The number of benzene rings is 1. The number of hydrogen-bond acceptors (Lipinski definition) is 4. The summed E-state index contributed by atoms with van der Waals surface area (Å²) >= 11 is 0. The van der Waals surface area contributed by atoms with Crippen molar-refractivity contribution in [3.8, 4) is 0 Å². The first-order valence-electron chi connectivity index (χ1n) is 9.94. The normalized spacial score (nSPS) is 17.1. The van der Waals surface area contributed by atoms with E-state index in [0.717, 1.165) is 31.2 Å². The molecule has 0 aliphatic carbocycles. The van der Waals surface area contributed by atoms with Gasteiger partial charge in [0.05, 0.1) is 0 Å². The Morgan fingerprint density at radius 3 is 1.96 bits per heavy atom. The van der Waals surface area contributed by atoms with E-state index >= 15 is 0 Å². The van der Waals surface area contributed by atoms with Crippen LogP contribution in [0.5, 0.6) is 0 Å². The van der Waals surface area contributed by atoms with Crippen molar-refractivity contribution < 1.29 is 18.1 Å². The molecule has 1 aromatic rings. The Morgan fingerprint density at radius 2 is 1.59 bits per heavy atom. The molecule has 0 bridgehead atoms. The van der Waals surface area contributed by atoms with Crippen molar-refractivity contribution in [2.24, 2.45) is 5.92 Å². The highest BCUT2D eigenvalue weighted by molar-refractivity contribution is 7.87. The molecule has 2 atom stereocenters. The van der Waals surface area contributed by atoms with Gasteiger partial charge in [0.25, 0.3) is 10.1 Å². The molecule has 0 fully saturated rings. The van der Waals surface area contributed by atoms with Crippen LogP contribution in [0.2, 0.25) is 0 Å². The van der Waals surface area contributed by atoms with Gasteiger partial charge in [-0.3, -0.25) is 9.45 Å². The van der Waals surface area contributed by atoms with E-state index in [4.69, 9.17) is 0 Å². The SMILES string of the molecule is CCCC(CCC)C(C)(c1ccccc1)C(CCCO)(N(C)C)S(=O)(=O)O. The first-order chi connectivity index (χ1) is 12.6. The van der Waals surface area contributed by atoms with E-state index in [2.05, 4.69) is 13.8 Å². The number of aliphatic hydroxyl groups excluding tert-OH is 1. The van der Waals surface area contributed by atoms with Gasteiger partial charge in [-0.15, -0.1) is 0 Å². The average Bonchev–Trinajstić information content (AvgIpc) is 2.61. The van der Waals surface area contributed by atoms with E-state index in [1.54, 1.807) is 19.0 Å². The molecule has 0 saturated heterocycles. The summed E-state index contributed by atoms with van der Waals surface area (Å²) in [7, 11) is -1.05. The van der Waals surface area contributed by atoms with Crippen molar-refractivity contribution in [3.63, 3.8) is 0 Å². The maximum atomic E-state index is 13.0. The molecule has 1 aromatic carbocycles. The predicted octanol–water partition coefficient (Wildman–Crippen LogP) is 4.08. The zero-order valence-corrected chi connectivity index (χ0v) is 18.3. The lowest BCUT2D eigenvalue weighted by atomic mass is 9.62. The number of likely N-dealkylation sites (N-methyl/N-ethyl adjacent to an activating group) is 1. The summed E-state index contributed by atoms with van der Waals surface area (Å²) in [6, 6.07) is 9.66. The lowest BCUT2D eigenvalue weighted by Crippen LogP contribution is -2.66. The number of nitrogens with zero attached hydrogens (tertiary/aromatic N) is 1. The molecule has 27 heavy (non-hydrogen) atoms. The van der Waals surface area contributed by atoms with Crippen molar-refractivity contribution >= 4 is 10.1 Å². The van der Waals surface area contributed by atoms with Crippen molar-refractivity contribution in [2.75, 3.05) is 20.7 Å². The molecule has 0 radical (unpaired) electrons. The highest BCUT2D eigenvalue weighted by Gasteiger charge is 2.61. The molecule has 6 heteroatoms. The third kappa shape index (κ3) is 4.56. The largest absolute Gasteiger partial charge is 0.396 e. The van der Waals surface area contributed by atoms with E-state index in [1.807, 2.05) is 37.3 Å². The molecule has 0 aliphatic rings. The molecule has 0 amide bonds. The summed E-state index contributed by atoms with van der Waals surface area (Å²) in [5.74, 6) is 0.0675. The van der Waals surface area contributed by atoms with Gasteiger partial charge in [0.2, 0.25) is 0 Å². The second-order valence-electron chi connectivity index (χ2n) is 7.82. The van der Waals surface area contributed by atoms with Crippen molar-refractivity contribution in [3.05, 3.63) is 35.9 Å². The van der Waals surface area contributed by atoms with Crippen LogP contribution in [-0.2, 0) is 15.5 Å². The topological polar surface area (TPSA) is 77.8 Å². The van der Waals surface area contributed by atoms with Crippen LogP contribution in [0.25, 0.3) is 0 Å². The van der Waals surface area contributed by atoms with E-state index in [1.165, 1.54) is 0 Å². The lowest BCUT2D eigenvalue weighted by molar-refractivity contribution is 0.0582. The van der Waals surface area contributed by atoms with Crippen LogP contribution < -0.4 is 0 Å². The third-order valence-corrected chi connectivity index (χ3v) is 7.95. The molecule has 0 aromatic heterocycles. The summed E-state index contributed by atoms with van der Waals surface area (Å²) in [5.41, 5.74) is 0.0631. The van der Waals surface area contributed by atoms with Crippen LogP contribution in [0, 0.1) is 5.92 Å². The van der Waals surface area contributed by atoms with E-state index < -0.39 is 20.4 Å². The zero-order chi connectivity index (χ0) is 20.7. The first-order valence-corrected chi connectivity index (χ1v) is 11.4. The maximum absolute atomic E-state index is 13.0. The van der Waals surface area contributed by atoms with Gasteiger partial charge in [-0.2, -0.15) is 8.42 Å². The maximum Gasteiger partial charge on any atom is 0.285 e. The standard InChI is InChI=1S/C21H37NO4S/c1-6-12-18(13-7-2)20(3,19-14-9-8-10-15-19)21(22(4)5,16-11-17-23)27(24,25)26/h8-10,14-15,18,23H,6-7,11-13,16-17H2,1-5H3,(H,24,25,26). The van der Waals surface area contributed by atoms with Gasteiger partial charge in [0.15, 0.2) is 4.87 Å². The average molecular weight is 400 g/mol. The van der Waals surface area contributed by atoms with Gasteiger partial charge in [-0.05, 0) is 51.3 Å². The lowest BCUT2D eigenvalue weighted by Gasteiger charge is -2.54. The van der Waals surface area contributed by atoms with Crippen LogP contribution in [0.3, 0.4) is 0 Å². The molecular formula is C21H37NO4S. The summed E-state index contributed by atoms with van der Waals surface area (Å²) in [6.45, 7) is 6.06. The summed E-state index contributed by atoms with van der Waals surface area (Å²) in [5, 5.41) is 9.46. The fourth-order valence-electron chi connectivity index (χ4n) is 4.88. The molecule has 2 N–H and O–H groups in total. The van der Waals surface area contributed by atoms with Gasteiger partial charge in [-0.1, -0.05) is 63.9 Å². The van der Waals surface area contributed by atoms with Gasteiger partial charge in [-0.25, -0.2) is 0 Å². The van der Waals surface area contributed by atoms with Crippen LogP contribution in [0.1, 0.15) is 64.9 Å². The smallest absolute Gasteiger partial charge is 0.285 e. The van der Waals surface area contributed by atoms with E-state index in [-0.39, 0.29) is 18.9 Å². The molecule has 5 nitrogen and oxygen atoms in total. The Morgan fingerprint density at radius 1 is 1.07 bits per heavy atom. The van der Waals surface area contributed by atoms with E-state index in [0.29, 0.717) is 6.42 Å². The molecule has 156 valence electrons. The quantitative estimate of drug-likeness (QED) is 0.518. The second-order valence-corrected chi connectivity index (χ2v) is 9.45. The Hall–Kier alpha value is -0.950. The third-order valence-electron chi connectivity index (χ3n) is 6.10. The predicted molar refractivity (Wildman–Crippen MR) is 111 cm³/mol. The molecule has 2 unspecified atom stereocenters. The highest BCUT2D eigenvalue weighted by atomic mass is 32.2. The molecule has 0 heterocycles. The van der Waals surface area contributed by atoms with Crippen molar-refractivity contribution in [2.45, 2.75) is 69.6 Å². The second kappa shape index (κ2) is 10.0. The monoisotopic (exact) mass is 399 g/mol. The Bertz CT molecular complexity index is 656. The van der Waals surface area contributed by atoms with Crippen LogP contribution >= 0.6 is 0 Å². The summed E-state index contributed by atoms with van der Waals surface area (Å²) < 4.78 is 36.5. The molecule has 1 rings (SSSR count). The summed E-state index contributed by atoms with van der Waals surface area (Å²) in [4.78, 5) is 0.113. The van der Waals surface area contributed by atoms with Crippen molar-refractivity contribution in [1.82, 2.24) is 4.90 Å². The first kappa shape index (κ1) is 24.1. The fourth-order valence-corrected chi connectivity index (χ4v) is 6.56. The van der Waals surface area contributed by atoms with Crippen LogP contribution in [-0.4, -0.2) is 48.6 Å². The van der Waals surface area contributed by atoms with Gasteiger partial charge < -0.3 is 5.11 Å². The van der Waals surface area contributed by atoms with Crippen LogP contribution in [0.4, 0.5) is 0 Å². The van der Waals surface area contributed by atoms with Crippen molar-refractivity contribution in [1.29, 1.82) is 0 Å². The zero-order valence-electron chi connectivity index (χ0n) is 17.5. The van der Waals surface area contributed by atoms with Gasteiger partial charge in [0, 0.05) is 12.0 Å². The number of aliphatic hydroxyl groups is 1. The molecular weight excluding hydrogens is 362 g/mol. The molecule has 0 aliphatic heterocycles. The Labute approximate surface area is 165 Å². The molecule has 0 saturated carbocycles. The minimum absolute atomic E-state index is 0.0675. The summed E-state index contributed by atoms with van der Waals surface area (Å²) in [6.07, 6.45) is 4.05. The number of rotatable bonds is 12. The van der Waals surface area contributed by atoms with Gasteiger partial charge >= 0.3 is 0 Å². The van der Waals surface area contributed by atoms with Crippen LogP contribution in [0.15, 0.2) is 30.3 Å². The fraction of sp³-hybridized carbons (Fsp3) is 0.714.